The van der Waals surface area contributed by atoms with E-state index in [2.05, 4.69) is 15.3 Å². The molecule has 1 N–H and O–H groups in total. The summed E-state index contributed by atoms with van der Waals surface area (Å²) in [5.74, 6) is 1.59. The Morgan fingerprint density at radius 1 is 1.14 bits per heavy atom. The molecule has 1 saturated carbocycles. The topological polar surface area (TPSA) is 75.2 Å². The van der Waals surface area contributed by atoms with Crippen LogP contribution in [0, 0.1) is 13.8 Å². The Morgan fingerprint density at radius 3 is 2.38 bits per heavy atom. The van der Waals surface area contributed by atoms with Crippen molar-refractivity contribution in [3.8, 4) is 0 Å². The molecule has 21 heavy (non-hydrogen) atoms. The molecule has 0 atom stereocenters. The molecule has 1 aliphatic carbocycles. The van der Waals surface area contributed by atoms with Crippen LogP contribution in [0.25, 0.3) is 0 Å². The van der Waals surface area contributed by atoms with Crippen LogP contribution in [0.1, 0.15) is 37.2 Å². The van der Waals surface area contributed by atoms with Crippen LogP contribution >= 0.6 is 0 Å². The molecule has 116 valence electrons. The first-order valence-corrected chi connectivity index (χ1v) is 9.03. The molecular weight excluding hydrogens is 288 g/mol. The summed E-state index contributed by atoms with van der Waals surface area (Å²) in [6.45, 7) is 5.05. The number of anilines is 1. The van der Waals surface area contributed by atoms with Crippen molar-refractivity contribution in [2.75, 3.05) is 18.4 Å². The number of piperidine rings is 1. The average Bonchev–Trinajstić information content (AvgIpc) is 3.22. The minimum absolute atomic E-state index is 0.103. The maximum atomic E-state index is 12.2. The van der Waals surface area contributed by atoms with Gasteiger partial charge in [-0.15, -0.1) is 0 Å². The lowest BCUT2D eigenvalue weighted by molar-refractivity contribution is 0.329. The van der Waals surface area contributed by atoms with Crippen molar-refractivity contribution in [1.82, 2.24) is 14.3 Å². The highest BCUT2D eigenvalue weighted by molar-refractivity contribution is 7.90. The molecule has 2 fully saturated rings. The second kappa shape index (κ2) is 5.53. The minimum atomic E-state index is -3.02. The maximum Gasteiger partial charge on any atom is 0.216 e. The summed E-state index contributed by atoms with van der Waals surface area (Å²) >= 11 is 0. The number of hydrogen-bond acceptors (Lipinski definition) is 5. The van der Waals surface area contributed by atoms with Gasteiger partial charge in [-0.25, -0.2) is 22.7 Å². The van der Waals surface area contributed by atoms with Gasteiger partial charge in [0, 0.05) is 30.9 Å². The van der Waals surface area contributed by atoms with Gasteiger partial charge < -0.3 is 5.32 Å². The zero-order chi connectivity index (χ0) is 15.0. The Labute approximate surface area is 126 Å². The lowest BCUT2D eigenvalue weighted by atomic mass is 10.1. The zero-order valence-corrected chi connectivity index (χ0v) is 13.4. The molecule has 1 aromatic heterocycles. The third-order valence-corrected chi connectivity index (χ3v) is 6.48. The van der Waals surface area contributed by atoms with Crippen molar-refractivity contribution < 1.29 is 8.42 Å². The van der Waals surface area contributed by atoms with Crippen LogP contribution in [0.3, 0.4) is 0 Å². The van der Waals surface area contributed by atoms with Gasteiger partial charge in [0.25, 0.3) is 0 Å². The fourth-order valence-corrected chi connectivity index (χ4v) is 4.70. The summed E-state index contributed by atoms with van der Waals surface area (Å²) < 4.78 is 26.0. The van der Waals surface area contributed by atoms with Crippen molar-refractivity contribution in [3.05, 3.63) is 17.6 Å². The molecule has 0 radical (unpaired) electrons. The average molecular weight is 310 g/mol. The van der Waals surface area contributed by atoms with E-state index in [-0.39, 0.29) is 11.3 Å². The van der Waals surface area contributed by atoms with E-state index in [1.807, 2.05) is 19.9 Å². The lowest BCUT2D eigenvalue weighted by Crippen LogP contribution is -2.43. The lowest BCUT2D eigenvalue weighted by Gasteiger charge is -2.32. The van der Waals surface area contributed by atoms with Crippen molar-refractivity contribution in [2.24, 2.45) is 0 Å². The predicted molar refractivity (Wildman–Crippen MR) is 81.7 cm³/mol. The van der Waals surface area contributed by atoms with E-state index in [4.69, 9.17) is 0 Å². The van der Waals surface area contributed by atoms with Gasteiger partial charge in [-0.1, -0.05) is 0 Å². The van der Waals surface area contributed by atoms with Crippen LogP contribution in [0.2, 0.25) is 0 Å². The smallest absolute Gasteiger partial charge is 0.216 e. The molecule has 1 aromatic rings. The summed E-state index contributed by atoms with van der Waals surface area (Å²) in [6, 6.07) is 2.21. The van der Waals surface area contributed by atoms with E-state index in [1.54, 1.807) is 4.31 Å². The number of aryl methyl sites for hydroxylation is 2. The molecule has 2 aliphatic rings. The molecule has 0 bridgehead atoms. The van der Waals surface area contributed by atoms with E-state index in [0.717, 1.165) is 43.0 Å². The van der Waals surface area contributed by atoms with Crippen LogP contribution in [0.4, 0.5) is 5.82 Å². The van der Waals surface area contributed by atoms with Gasteiger partial charge in [-0.2, -0.15) is 0 Å². The van der Waals surface area contributed by atoms with Gasteiger partial charge in [0.05, 0.1) is 5.25 Å². The molecule has 0 unspecified atom stereocenters. The Balaban J connectivity index is 1.58. The summed E-state index contributed by atoms with van der Waals surface area (Å²) in [4.78, 5) is 8.64. The standard InChI is InChI=1S/C14H22N4O2S/c1-10-9-14(16-11(2)15-10)17-12-5-7-18(8-6-12)21(19,20)13-3-4-13/h9,12-13H,3-8H2,1-2H3,(H,15,16,17). The highest BCUT2D eigenvalue weighted by Crippen LogP contribution is 2.32. The Hall–Kier alpha value is -1.21. The van der Waals surface area contributed by atoms with Crippen LogP contribution in [0.5, 0.6) is 0 Å². The first-order valence-electron chi connectivity index (χ1n) is 7.53. The molecule has 0 spiro atoms. The van der Waals surface area contributed by atoms with Crippen LogP contribution in [0.15, 0.2) is 6.07 Å². The number of nitrogens with zero attached hydrogens (tertiary/aromatic N) is 3. The SMILES string of the molecule is Cc1cc(NC2CCN(S(=O)(=O)C3CC3)CC2)nc(C)n1. The maximum absolute atomic E-state index is 12.2. The van der Waals surface area contributed by atoms with Crippen LogP contribution in [-0.4, -0.2) is 47.1 Å². The molecule has 6 nitrogen and oxygen atoms in total. The quantitative estimate of drug-likeness (QED) is 0.911. The minimum Gasteiger partial charge on any atom is -0.367 e. The van der Waals surface area contributed by atoms with Crippen molar-refractivity contribution in [3.63, 3.8) is 0 Å². The largest absolute Gasteiger partial charge is 0.367 e. The molecule has 1 aliphatic heterocycles. The van der Waals surface area contributed by atoms with Gasteiger partial charge in [-0.3, -0.25) is 0 Å². The number of sulfonamides is 1. The third kappa shape index (κ3) is 3.35. The molecule has 3 rings (SSSR count). The van der Waals surface area contributed by atoms with Gasteiger partial charge in [0.2, 0.25) is 10.0 Å². The van der Waals surface area contributed by atoms with Gasteiger partial charge in [-0.05, 0) is 39.5 Å². The number of hydrogen-bond donors (Lipinski definition) is 1. The highest BCUT2D eigenvalue weighted by atomic mass is 32.2. The molecule has 0 aromatic carbocycles. The van der Waals surface area contributed by atoms with Gasteiger partial charge >= 0.3 is 0 Å². The number of aromatic nitrogens is 2. The summed E-state index contributed by atoms with van der Waals surface area (Å²) in [7, 11) is -3.02. The Bertz CT molecular complexity index is 600. The normalized spacial score (nSPS) is 21.4. The van der Waals surface area contributed by atoms with Gasteiger partial charge in [0.15, 0.2) is 0 Å². The summed E-state index contributed by atoms with van der Waals surface area (Å²) in [6.07, 6.45) is 3.32. The second-order valence-corrected chi connectivity index (χ2v) is 8.22. The molecule has 0 amide bonds. The highest BCUT2D eigenvalue weighted by Gasteiger charge is 2.41. The molecular formula is C14H22N4O2S. The van der Waals surface area contributed by atoms with Crippen molar-refractivity contribution >= 4 is 15.8 Å². The number of rotatable bonds is 4. The van der Waals surface area contributed by atoms with Crippen LogP contribution in [-0.2, 0) is 10.0 Å². The molecule has 7 heteroatoms. The van der Waals surface area contributed by atoms with Crippen molar-refractivity contribution in [1.29, 1.82) is 0 Å². The fourth-order valence-electron chi connectivity index (χ4n) is 2.83. The van der Waals surface area contributed by atoms with Crippen LogP contribution < -0.4 is 5.32 Å². The molecule has 1 saturated heterocycles. The Kier molecular flexibility index (Phi) is 3.88. The monoisotopic (exact) mass is 310 g/mol. The third-order valence-electron chi connectivity index (χ3n) is 4.08. The zero-order valence-electron chi connectivity index (χ0n) is 12.5. The summed E-state index contributed by atoms with van der Waals surface area (Å²) in [5.41, 5.74) is 0.943. The fraction of sp³-hybridized carbons (Fsp3) is 0.714. The first kappa shape index (κ1) is 14.7. The predicted octanol–water partition coefficient (Wildman–Crippen LogP) is 1.46. The van der Waals surface area contributed by atoms with E-state index in [1.165, 1.54) is 0 Å². The second-order valence-electron chi connectivity index (χ2n) is 6.00. The van der Waals surface area contributed by atoms with Crippen molar-refractivity contribution in [2.45, 2.75) is 50.8 Å². The van der Waals surface area contributed by atoms with E-state index >= 15 is 0 Å². The van der Waals surface area contributed by atoms with E-state index < -0.39 is 10.0 Å². The van der Waals surface area contributed by atoms with Gasteiger partial charge in [0.1, 0.15) is 11.6 Å². The van der Waals surface area contributed by atoms with E-state index in [0.29, 0.717) is 13.1 Å². The molecule has 2 heterocycles. The van der Waals surface area contributed by atoms with E-state index in [9.17, 15) is 8.42 Å². The summed E-state index contributed by atoms with van der Waals surface area (Å²) in [5, 5.41) is 3.30. The number of nitrogens with one attached hydrogen (secondary N) is 1. The Morgan fingerprint density at radius 2 is 1.81 bits per heavy atom. The first-order chi connectivity index (χ1) is 9.95.